The number of benzene rings is 2. The van der Waals surface area contributed by atoms with Gasteiger partial charge in [-0.1, -0.05) is 34.1 Å². The fourth-order valence-corrected chi connectivity index (χ4v) is 3.48. The maximum atomic E-state index is 5.84. The second-order valence-corrected chi connectivity index (χ2v) is 6.34. The Kier molecular flexibility index (Phi) is 3.53. The lowest BCUT2D eigenvalue weighted by molar-refractivity contribution is 1.23. The number of aromatic nitrogens is 1. The molecule has 0 spiro atoms. The van der Waals surface area contributed by atoms with Gasteiger partial charge in [0.1, 0.15) is 0 Å². The first kappa shape index (κ1) is 12.6. The highest BCUT2D eigenvalue weighted by Crippen LogP contribution is 2.28. The summed E-state index contributed by atoms with van der Waals surface area (Å²) in [7, 11) is 0. The molecule has 3 rings (SSSR count). The van der Waals surface area contributed by atoms with E-state index in [1.807, 2.05) is 18.2 Å². The summed E-state index contributed by atoms with van der Waals surface area (Å²) in [6.45, 7) is 0. The van der Waals surface area contributed by atoms with Crippen molar-refractivity contribution in [1.29, 1.82) is 0 Å². The Hall–Kier alpha value is -1.39. The SMILES string of the molecule is Nc1cc(Br)cc(CSc2cc3ccccc3[nH]2)c1. The van der Waals surface area contributed by atoms with Crippen LogP contribution in [0.2, 0.25) is 0 Å². The lowest BCUT2D eigenvalue weighted by Crippen LogP contribution is -1.88. The number of nitrogens with two attached hydrogens (primary N) is 1. The van der Waals surface area contributed by atoms with Crippen molar-refractivity contribution in [3.05, 3.63) is 58.6 Å². The maximum Gasteiger partial charge on any atom is 0.0735 e. The molecule has 4 heteroatoms. The first-order chi connectivity index (χ1) is 9.20. The first-order valence-corrected chi connectivity index (χ1v) is 7.74. The predicted molar refractivity (Wildman–Crippen MR) is 86.4 cm³/mol. The number of para-hydroxylation sites is 1. The molecule has 2 aromatic carbocycles. The number of aromatic amines is 1. The molecular formula is C15H13BrN2S. The number of fused-ring (bicyclic) bond motifs is 1. The van der Waals surface area contributed by atoms with Gasteiger partial charge >= 0.3 is 0 Å². The zero-order valence-electron chi connectivity index (χ0n) is 10.2. The molecular weight excluding hydrogens is 320 g/mol. The van der Waals surface area contributed by atoms with Gasteiger partial charge in [-0.15, -0.1) is 11.8 Å². The standard InChI is InChI=1S/C15H13BrN2S/c16-12-5-10(6-13(17)8-12)9-19-15-7-11-3-1-2-4-14(11)18-15/h1-8,18H,9,17H2. The van der Waals surface area contributed by atoms with Gasteiger partial charge in [0.05, 0.1) is 5.03 Å². The second-order valence-electron chi connectivity index (χ2n) is 4.40. The number of anilines is 1. The highest BCUT2D eigenvalue weighted by Gasteiger charge is 2.02. The normalized spacial score (nSPS) is 11.0. The minimum Gasteiger partial charge on any atom is -0.399 e. The summed E-state index contributed by atoms with van der Waals surface area (Å²) in [5.41, 5.74) is 9.03. The third-order valence-corrected chi connectivity index (χ3v) is 4.35. The molecule has 3 N–H and O–H groups in total. The number of rotatable bonds is 3. The van der Waals surface area contributed by atoms with Crippen molar-refractivity contribution in [1.82, 2.24) is 4.98 Å². The van der Waals surface area contributed by atoms with E-state index in [0.717, 1.165) is 15.9 Å². The van der Waals surface area contributed by atoms with Gasteiger partial charge in [-0.05, 0) is 35.9 Å². The monoisotopic (exact) mass is 332 g/mol. The van der Waals surface area contributed by atoms with Crippen molar-refractivity contribution >= 4 is 44.3 Å². The number of hydrogen-bond donors (Lipinski definition) is 2. The minimum absolute atomic E-state index is 0.793. The van der Waals surface area contributed by atoms with Crippen LogP contribution in [-0.2, 0) is 5.75 Å². The summed E-state index contributed by atoms with van der Waals surface area (Å²) < 4.78 is 1.03. The summed E-state index contributed by atoms with van der Waals surface area (Å²) in [5, 5.41) is 2.43. The Labute approximate surface area is 124 Å². The first-order valence-electron chi connectivity index (χ1n) is 5.96. The average molecular weight is 333 g/mol. The lowest BCUT2D eigenvalue weighted by Gasteiger charge is -2.03. The van der Waals surface area contributed by atoms with Crippen molar-refractivity contribution in [3.8, 4) is 0 Å². The molecule has 96 valence electrons. The number of halogens is 1. The van der Waals surface area contributed by atoms with Gasteiger partial charge in [-0.2, -0.15) is 0 Å². The van der Waals surface area contributed by atoms with Crippen molar-refractivity contribution in [3.63, 3.8) is 0 Å². The van der Waals surface area contributed by atoms with Crippen molar-refractivity contribution in [2.45, 2.75) is 10.8 Å². The van der Waals surface area contributed by atoms with E-state index in [9.17, 15) is 0 Å². The lowest BCUT2D eigenvalue weighted by atomic mass is 10.2. The number of H-pyrrole nitrogens is 1. The second kappa shape index (κ2) is 5.31. The molecule has 0 amide bonds. The highest BCUT2D eigenvalue weighted by atomic mass is 79.9. The number of nitrogen functional groups attached to an aromatic ring is 1. The van der Waals surface area contributed by atoms with E-state index in [1.165, 1.54) is 21.5 Å². The van der Waals surface area contributed by atoms with Crippen molar-refractivity contribution in [2.75, 3.05) is 5.73 Å². The summed E-state index contributed by atoms with van der Waals surface area (Å²) in [6.07, 6.45) is 0. The van der Waals surface area contributed by atoms with Crippen molar-refractivity contribution < 1.29 is 0 Å². The molecule has 0 saturated carbocycles. The molecule has 1 aromatic heterocycles. The third-order valence-electron chi connectivity index (χ3n) is 2.88. The summed E-state index contributed by atoms with van der Waals surface area (Å²) in [4.78, 5) is 3.42. The van der Waals surface area contributed by atoms with Crippen LogP contribution in [-0.4, -0.2) is 4.98 Å². The maximum absolute atomic E-state index is 5.84. The van der Waals surface area contributed by atoms with Crippen LogP contribution >= 0.6 is 27.7 Å². The Morgan fingerprint density at radius 2 is 1.95 bits per heavy atom. The number of nitrogens with one attached hydrogen (secondary N) is 1. The van der Waals surface area contributed by atoms with E-state index in [0.29, 0.717) is 0 Å². The Bertz CT molecular complexity index is 668. The van der Waals surface area contributed by atoms with E-state index in [4.69, 9.17) is 5.73 Å². The van der Waals surface area contributed by atoms with E-state index < -0.39 is 0 Å². The van der Waals surface area contributed by atoms with Gasteiger partial charge < -0.3 is 10.7 Å². The molecule has 0 radical (unpaired) electrons. The van der Waals surface area contributed by atoms with Crippen LogP contribution in [0, 0.1) is 0 Å². The van der Waals surface area contributed by atoms with Crippen LogP contribution in [0.4, 0.5) is 5.69 Å². The van der Waals surface area contributed by atoms with Gasteiger partial charge in [-0.3, -0.25) is 0 Å². The number of thioether (sulfide) groups is 1. The number of hydrogen-bond acceptors (Lipinski definition) is 2. The fraction of sp³-hybridized carbons (Fsp3) is 0.0667. The Morgan fingerprint density at radius 1 is 1.11 bits per heavy atom. The summed E-state index contributed by atoms with van der Waals surface area (Å²) >= 11 is 5.25. The van der Waals surface area contributed by atoms with E-state index >= 15 is 0 Å². The summed E-state index contributed by atoms with van der Waals surface area (Å²) in [5.74, 6) is 0.899. The topological polar surface area (TPSA) is 41.8 Å². The van der Waals surface area contributed by atoms with E-state index in [1.54, 1.807) is 11.8 Å². The molecule has 3 aromatic rings. The molecule has 0 aliphatic carbocycles. The predicted octanol–water partition coefficient (Wildman–Crippen LogP) is 4.80. The largest absolute Gasteiger partial charge is 0.399 e. The quantitative estimate of drug-likeness (QED) is 0.534. The zero-order valence-corrected chi connectivity index (χ0v) is 12.6. The highest BCUT2D eigenvalue weighted by molar-refractivity contribution is 9.10. The van der Waals surface area contributed by atoms with Crippen LogP contribution in [0.3, 0.4) is 0 Å². The molecule has 0 saturated heterocycles. The van der Waals surface area contributed by atoms with Crippen LogP contribution < -0.4 is 5.73 Å². The average Bonchev–Trinajstić information content (AvgIpc) is 2.78. The molecule has 19 heavy (non-hydrogen) atoms. The smallest absolute Gasteiger partial charge is 0.0735 e. The fourth-order valence-electron chi connectivity index (χ4n) is 2.04. The molecule has 0 aliphatic rings. The van der Waals surface area contributed by atoms with Crippen LogP contribution in [0.1, 0.15) is 5.56 Å². The minimum atomic E-state index is 0.793. The molecule has 0 bridgehead atoms. The van der Waals surface area contributed by atoms with Crippen LogP contribution in [0.5, 0.6) is 0 Å². The van der Waals surface area contributed by atoms with Crippen molar-refractivity contribution in [2.24, 2.45) is 0 Å². The molecule has 0 unspecified atom stereocenters. The van der Waals surface area contributed by atoms with E-state index in [-0.39, 0.29) is 0 Å². The van der Waals surface area contributed by atoms with Gasteiger partial charge in [0.15, 0.2) is 0 Å². The van der Waals surface area contributed by atoms with Gasteiger partial charge in [-0.25, -0.2) is 0 Å². The molecule has 2 nitrogen and oxygen atoms in total. The summed E-state index contributed by atoms with van der Waals surface area (Å²) in [6, 6.07) is 16.5. The molecule has 0 aliphatic heterocycles. The molecule has 0 atom stereocenters. The Morgan fingerprint density at radius 3 is 2.74 bits per heavy atom. The van der Waals surface area contributed by atoms with Crippen LogP contribution in [0.15, 0.2) is 58.0 Å². The van der Waals surface area contributed by atoms with Gasteiger partial charge in [0.25, 0.3) is 0 Å². The Balaban J connectivity index is 1.78. The zero-order chi connectivity index (χ0) is 13.2. The third kappa shape index (κ3) is 2.96. The van der Waals surface area contributed by atoms with E-state index in [2.05, 4.69) is 51.2 Å². The van der Waals surface area contributed by atoms with Gasteiger partial charge in [0, 0.05) is 26.8 Å². The van der Waals surface area contributed by atoms with Gasteiger partial charge in [0.2, 0.25) is 0 Å². The van der Waals surface area contributed by atoms with Crippen LogP contribution in [0.25, 0.3) is 10.9 Å². The molecule has 0 fully saturated rings. The molecule has 1 heterocycles.